The molecule has 0 spiro atoms. The molecule has 25 heavy (non-hydrogen) atoms. The number of pyridine rings is 1. The second-order valence-corrected chi connectivity index (χ2v) is 8.26. The molecule has 0 bridgehead atoms. The fourth-order valence-corrected chi connectivity index (χ4v) is 3.97. The molecule has 0 atom stereocenters. The van der Waals surface area contributed by atoms with Crippen LogP contribution in [0, 0.1) is 6.92 Å². The Bertz CT molecular complexity index is 758. The highest BCUT2D eigenvalue weighted by atomic mass is 79.9. The molecule has 0 saturated heterocycles. The van der Waals surface area contributed by atoms with Crippen molar-refractivity contribution < 1.29 is 0 Å². The second kappa shape index (κ2) is 8.02. The Kier molecular flexibility index (Phi) is 5.97. The van der Waals surface area contributed by atoms with E-state index in [0.717, 1.165) is 27.6 Å². The van der Waals surface area contributed by atoms with E-state index in [2.05, 4.69) is 43.7 Å². The Balaban J connectivity index is 1.66. The molecule has 6 heteroatoms. The first-order valence-electron chi connectivity index (χ1n) is 8.43. The van der Waals surface area contributed by atoms with E-state index in [0.29, 0.717) is 5.11 Å². The van der Waals surface area contributed by atoms with Gasteiger partial charge in [-0.1, -0.05) is 36.6 Å². The molecule has 2 aromatic rings. The largest absolute Gasteiger partial charge is 0.362 e. The van der Waals surface area contributed by atoms with Crippen LogP contribution in [0.5, 0.6) is 0 Å². The van der Waals surface area contributed by atoms with E-state index in [1.165, 1.54) is 31.2 Å². The number of hydrogen-bond acceptors (Lipinski definition) is 2. The summed E-state index contributed by atoms with van der Waals surface area (Å²) in [6.45, 7) is 2.77. The molecule has 1 aliphatic carbocycles. The number of anilines is 1. The third kappa shape index (κ3) is 4.52. The fraction of sp³-hybridized carbons (Fsp3) is 0.368. The van der Waals surface area contributed by atoms with Crippen molar-refractivity contribution in [2.24, 2.45) is 0 Å². The molecular formula is C19H21BrClN3S. The fourth-order valence-electron chi connectivity index (χ4n) is 3.45. The number of halogens is 2. The predicted octanol–water partition coefficient (Wildman–Crippen LogP) is 5.60. The van der Waals surface area contributed by atoms with Crippen LogP contribution in [0.4, 0.5) is 5.82 Å². The lowest BCUT2D eigenvalue weighted by Crippen LogP contribution is -2.40. The van der Waals surface area contributed by atoms with Crippen LogP contribution in [-0.4, -0.2) is 16.6 Å². The van der Waals surface area contributed by atoms with Crippen LogP contribution >= 0.6 is 39.7 Å². The van der Waals surface area contributed by atoms with Crippen LogP contribution in [0.1, 0.15) is 36.9 Å². The van der Waals surface area contributed by atoms with Gasteiger partial charge in [-0.05, 0) is 77.7 Å². The van der Waals surface area contributed by atoms with Gasteiger partial charge in [-0.15, -0.1) is 0 Å². The number of thiocarbonyl (C=S) groups is 1. The van der Waals surface area contributed by atoms with Gasteiger partial charge < -0.3 is 10.6 Å². The normalized spacial score (nSPS) is 15.8. The quantitative estimate of drug-likeness (QED) is 0.609. The van der Waals surface area contributed by atoms with Crippen molar-refractivity contribution in [2.45, 2.75) is 38.0 Å². The third-order valence-electron chi connectivity index (χ3n) is 4.87. The van der Waals surface area contributed by atoms with Gasteiger partial charge in [-0.25, -0.2) is 4.98 Å². The number of aryl methyl sites for hydroxylation is 1. The molecule has 0 aliphatic heterocycles. The Morgan fingerprint density at radius 2 is 1.88 bits per heavy atom. The van der Waals surface area contributed by atoms with Crippen LogP contribution < -0.4 is 10.6 Å². The van der Waals surface area contributed by atoms with Crippen molar-refractivity contribution in [1.82, 2.24) is 10.3 Å². The van der Waals surface area contributed by atoms with Crippen molar-refractivity contribution in [3.8, 4) is 0 Å². The highest BCUT2D eigenvalue weighted by Crippen LogP contribution is 2.40. The average Bonchev–Trinajstić information content (AvgIpc) is 3.07. The molecule has 1 saturated carbocycles. The maximum atomic E-state index is 6.05. The molecule has 1 aromatic carbocycles. The van der Waals surface area contributed by atoms with Gasteiger partial charge in [0, 0.05) is 21.5 Å². The Morgan fingerprint density at radius 1 is 1.20 bits per heavy atom. The zero-order chi connectivity index (χ0) is 17.9. The van der Waals surface area contributed by atoms with Gasteiger partial charge in [0.15, 0.2) is 5.11 Å². The van der Waals surface area contributed by atoms with Crippen molar-refractivity contribution in [3.05, 3.63) is 57.2 Å². The van der Waals surface area contributed by atoms with Gasteiger partial charge in [-0.3, -0.25) is 0 Å². The van der Waals surface area contributed by atoms with E-state index in [1.54, 1.807) is 0 Å². The zero-order valence-electron chi connectivity index (χ0n) is 14.1. The molecule has 1 fully saturated rings. The molecule has 132 valence electrons. The van der Waals surface area contributed by atoms with Crippen LogP contribution in [-0.2, 0) is 5.41 Å². The summed E-state index contributed by atoms with van der Waals surface area (Å²) in [7, 11) is 0. The molecule has 3 rings (SSSR count). The molecule has 0 amide bonds. The summed E-state index contributed by atoms with van der Waals surface area (Å²) >= 11 is 15.0. The van der Waals surface area contributed by atoms with Crippen molar-refractivity contribution in [3.63, 3.8) is 0 Å². The minimum Gasteiger partial charge on any atom is -0.362 e. The van der Waals surface area contributed by atoms with E-state index >= 15 is 0 Å². The highest BCUT2D eigenvalue weighted by Gasteiger charge is 2.35. The second-order valence-electron chi connectivity index (χ2n) is 6.57. The lowest BCUT2D eigenvalue weighted by molar-refractivity contribution is 0.435. The Morgan fingerprint density at radius 3 is 2.52 bits per heavy atom. The molecule has 3 nitrogen and oxygen atoms in total. The average molecular weight is 439 g/mol. The predicted molar refractivity (Wildman–Crippen MR) is 112 cm³/mol. The minimum atomic E-state index is 0.124. The number of hydrogen-bond donors (Lipinski definition) is 2. The zero-order valence-corrected chi connectivity index (χ0v) is 17.3. The third-order valence-corrected chi connectivity index (χ3v) is 6.20. The summed E-state index contributed by atoms with van der Waals surface area (Å²) in [6, 6.07) is 12.1. The van der Waals surface area contributed by atoms with E-state index in [-0.39, 0.29) is 5.41 Å². The maximum Gasteiger partial charge on any atom is 0.171 e. The van der Waals surface area contributed by atoms with Crippen LogP contribution in [0.2, 0.25) is 5.02 Å². The number of aromatic nitrogens is 1. The summed E-state index contributed by atoms with van der Waals surface area (Å²) in [6.07, 6.45) is 4.83. The first-order valence-corrected chi connectivity index (χ1v) is 10.0. The van der Waals surface area contributed by atoms with Gasteiger partial charge in [0.05, 0.1) is 5.69 Å². The van der Waals surface area contributed by atoms with Crippen LogP contribution in [0.15, 0.2) is 40.9 Å². The van der Waals surface area contributed by atoms with Gasteiger partial charge >= 0.3 is 0 Å². The van der Waals surface area contributed by atoms with Crippen molar-refractivity contribution in [1.29, 1.82) is 0 Å². The van der Waals surface area contributed by atoms with Gasteiger partial charge in [0.25, 0.3) is 0 Å². The summed E-state index contributed by atoms with van der Waals surface area (Å²) in [4.78, 5) is 4.48. The highest BCUT2D eigenvalue weighted by molar-refractivity contribution is 9.10. The van der Waals surface area contributed by atoms with Crippen molar-refractivity contribution >= 4 is 50.7 Å². The number of benzene rings is 1. The van der Waals surface area contributed by atoms with E-state index in [4.69, 9.17) is 23.8 Å². The minimum absolute atomic E-state index is 0.124. The Labute approximate surface area is 167 Å². The number of nitrogens with one attached hydrogen (secondary N) is 2. The summed E-state index contributed by atoms with van der Waals surface area (Å²) in [5.41, 5.74) is 2.39. The summed E-state index contributed by atoms with van der Waals surface area (Å²) in [5.74, 6) is 0.755. The first-order chi connectivity index (χ1) is 12.0. The molecule has 0 radical (unpaired) electrons. The molecule has 1 aromatic heterocycles. The summed E-state index contributed by atoms with van der Waals surface area (Å²) in [5, 5.41) is 7.96. The van der Waals surface area contributed by atoms with Crippen LogP contribution in [0.3, 0.4) is 0 Å². The topological polar surface area (TPSA) is 37.0 Å². The van der Waals surface area contributed by atoms with Gasteiger partial charge in [0.1, 0.15) is 5.82 Å². The van der Waals surface area contributed by atoms with Crippen molar-refractivity contribution in [2.75, 3.05) is 11.9 Å². The molecule has 1 aliphatic rings. The molecular weight excluding hydrogens is 418 g/mol. The van der Waals surface area contributed by atoms with Gasteiger partial charge in [0.2, 0.25) is 0 Å². The van der Waals surface area contributed by atoms with Crippen LogP contribution in [0.25, 0.3) is 0 Å². The standard InChI is InChI=1S/C19H21BrClN3S/c1-13-16(20)8-9-17(23-13)24-18(25)22-12-19(10-2-3-11-19)14-4-6-15(21)7-5-14/h4-9H,2-3,10-12H2,1H3,(H2,22,23,24,25). The molecule has 1 heterocycles. The number of nitrogens with zero attached hydrogens (tertiary/aromatic N) is 1. The lowest BCUT2D eigenvalue weighted by Gasteiger charge is -2.30. The lowest BCUT2D eigenvalue weighted by atomic mass is 9.79. The Hall–Kier alpha value is -1.17. The van der Waals surface area contributed by atoms with Gasteiger partial charge in [-0.2, -0.15) is 0 Å². The SMILES string of the molecule is Cc1nc(NC(=S)NCC2(c3ccc(Cl)cc3)CCCC2)ccc1Br. The van der Waals surface area contributed by atoms with E-state index in [1.807, 2.05) is 31.2 Å². The number of rotatable bonds is 4. The summed E-state index contributed by atoms with van der Waals surface area (Å²) < 4.78 is 0.990. The molecule has 2 N–H and O–H groups in total. The van der Waals surface area contributed by atoms with E-state index in [9.17, 15) is 0 Å². The smallest absolute Gasteiger partial charge is 0.171 e. The van der Waals surface area contributed by atoms with E-state index < -0.39 is 0 Å². The molecule has 0 unspecified atom stereocenters. The first kappa shape index (κ1) is 18.6. The monoisotopic (exact) mass is 437 g/mol. The maximum absolute atomic E-state index is 6.05.